The van der Waals surface area contributed by atoms with Crippen molar-refractivity contribution in [2.75, 3.05) is 17.6 Å². The van der Waals surface area contributed by atoms with Crippen LogP contribution in [0.25, 0.3) is 0 Å². The monoisotopic (exact) mass is 346 g/mol. The summed E-state index contributed by atoms with van der Waals surface area (Å²) >= 11 is 5.94. The molecule has 8 heteroatoms. The highest BCUT2D eigenvalue weighted by Gasteiger charge is 2.24. The summed E-state index contributed by atoms with van der Waals surface area (Å²) < 4.78 is 30.4. The van der Waals surface area contributed by atoms with Crippen molar-refractivity contribution < 1.29 is 17.9 Å². The van der Waals surface area contributed by atoms with Crippen LogP contribution in [-0.2, 0) is 14.8 Å². The van der Waals surface area contributed by atoms with Crippen LogP contribution in [0.5, 0.6) is 0 Å². The average Bonchev–Trinajstić information content (AvgIpc) is 2.93. The fourth-order valence-corrected chi connectivity index (χ4v) is 3.11. The molecule has 0 spiro atoms. The smallest absolute Gasteiger partial charge is 0.251 e. The van der Waals surface area contributed by atoms with Crippen LogP contribution in [0.15, 0.2) is 18.2 Å². The van der Waals surface area contributed by atoms with Crippen LogP contribution in [0.4, 0.5) is 5.69 Å². The maximum Gasteiger partial charge on any atom is 0.251 e. The van der Waals surface area contributed by atoms with Gasteiger partial charge < -0.3 is 10.1 Å². The standard InChI is InChI=1S/C14H19ClN2O4S/c1-9(13-4-3-7-21-13)16-14(18)10-5-6-11(15)12(8-10)17-22(2,19)20/h5-6,8-9,13,17H,3-4,7H2,1-2H3,(H,16,18)/t9-,13+/m1/s1. The summed E-state index contributed by atoms with van der Waals surface area (Å²) in [5.41, 5.74) is 0.516. The zero-order chi connectivity index (χ0) is 16.3. The molecule has 1 aromatic rings. The molecule has 22 heavy (non-hydrogen) atoms. The fraction of sp³-hybridized carbons (Fsp3) is 0.500. The number of amides is 1. The first kappa shape index (κ1) is 17.1. The second kappa shape index (κ2) is 6.85. The molecule has 1 aromatic carbocycles. The zero-order valence-electron chi connectivity index (χ0n) is 12.4. The van der Waals surface area contributed by atoms with Crippen LogP contribution in [0.3, 0.4) is 0 Å². The van der Waals surface area contributed by atoms with Gasteiger partial charge in [-0.25, -0.2) is 8.42 Å². The summed E-state index contributed by atoms with van der Waals surface area (Å²) in [5.74, 6) is -0.295. The summed E-state index contributed by atoms with van der Waals surface area (Å²) in [6.07, 6.45) is 2.96. The van der Waals surface area contributed by atoms with E-state index in [0.29, 0.717) is 12.2 Å². The van der Waals surface area contributed by atoms with E-state index in [1.54, 1.807) is 6.07 Å². The van der Waals surface area contributed by atoms with Crippen molar-refractivity contribution in [1.82, 2.24) is 5.32 Å². The lowest BCUT2D eigenvalue weighted by atomic mass is 10.1. The third-order valence-corrected chi connectivity index (χ3v) is 4.33. The van der Waals surface area contributed by atoms with E-state index in [1.807, 2.05) is 6.92 Å². The quantitative estimate of drug-likeness (QED) is 0.854. The van der Waals surface area contributed by atoms with Gasteiger partial charge in [0.1, 0.15) is 0 Å². The van der Waals surface area contributed by atoms with Gasteiger partial charge in [0.05, 0.1) is 29.1 Å². The molecule has 2 atom stereocenters. The third-order valence-electron chi connectivity index (χ3n) is 3.41. The predicted molar refractivity (Wildman–Crippen MR) is 85.8 cm³/mol. The van der Waals surface area contributed by atoms with E-state index in [4.69, 9.17) is 16.3 Å². The lowest BCUT2D eigenvalue weighted by Gasteiger charge is -2.20. The second-order valence-corrected chi connectivity index (χ2v) is 7.54. The first-order chi connectivity index (χ1) is 10.3. The number of carbonyl (C=O) groups excluding carboxylic acids is 1. The zero-order valence-corrected chi connectivity index (χ0v) is 14.0. The molecular weight excluding hydrogens is 328 g/mol. The molecule has 6 nitrogen and oxygen atoms in total. The highest BCUT2D eigenvalue weighted by Crippen LogP contribution is 2.24. The van der Waals surface area contributed by atoms with Gasteiger partial charge in [0.15, 0.2) is 0 Å². The first-order valence-electron chi connectivity index (χ1n) is 6.96. The molecule has 0 saturated carbocycles. The molecule has 1 aliphatic rings. The van der Waals surface area contributed by atoms with Gasteiger partial charge in [0, 0.05) is 12.2 Å². The molecule has 2 N–H and O–H groups in total. The summed E-state index contributed by atoms with van der Waals surface area (Å²) in [7, 11) is -3.46. The minimum Gasteiger partial charge on any atom is -0.376 e. The average molecular weight is 347 g/mol. The van der Waals surface area contributed by atoms with Gasteiger partial charge in [-0.2, -0.15) is 0 Å². The van der Waals surface area contributed by atoms with E-state index in [1.165, 1.54) is 12.1 Å². The number of rotatable bonds is 5. The van der Waals surface area contributed by atoms with Crippen molar-refractivity contribution in [1.29, 1.82) is 0 Å². The van der Waals surface area contributed by atoms with Crippen LogP contribution in [0, 0.1) is 0 Å². The maximum atomic E-state index is 12.3. The molecule has 0 unspecified atom stereocenters. The number of sulfonamides is 1. The van der Waals surface area contributed by atoms with E-state index in [0.717, 1.165) is 19.1 Å². The SMILES string of the molecule is C[C@@H](NC(=O)c1ccc(Cl)c(NS(C)(=O)=O)c1)[C@@H]1CCCO1. The van der Waals surface area contributed by atoms with Crippen LogP contribution in [-0.4, -0.2) is 39.3 Å². The maximum absolute atomic E-state index is 12.3. The Morgan fingerprint density at radius 3 is 2.77 bits per heavy atom. The van der Waals surface area contributed by atoms with Crippen molar-refractivity contribution in [2.45, 2.75) is 31.9 Å². The van der Waals surface area contributed by atoms with Gasteiger partial charge in [0.25, 0.3) is 5.91 Å². The summed E-state index contributed by atoms with van der Waals surface area (Å²) in [5, 5.41) is 3.09. The molecule has 1 aliphatic heterocycles. The van der Waals surface area contributed by atoms with Crippen LogP contribution in [0.1, 0.15) is 30.1 Å². The molecule has 122 valence electrons. The third kappa shape index (κ3) is 4.59. The van der Waals surface area contributed by atoms with Crippen LogP contribution >= 0.6 is 11.6 Å². The van der Waals surface area contributed by atoms with Crippen LogP contribution in [0.2, 0.25) is 5.02 Å². The second-order valence-electron chi connectivity index (χ2n) is 5.38. The summed E-state index contributed by atoms with van der Waals surface area (Å²) in [4.78, 5) is 12.3. The van der Waals surface area contributed by atoms with Crippen molar-refractivity contribution in [3.8, 4) is 0 Å². The number of hydrogen-bond acceptors (Lipinski definition) is 4. The van der Waals surface area contributed by atoms with Gasteiger partial charge in [-0.1, -0.05) is 11.6 Å². The topological polar surface area (TPSA) is 84.5 Å². The number of ether oxygens (including phenoxy) is 1. The lowest BCUT2D eigenvalue weighted by molar-refractivity contribution is 0.0712. The summed E-state index contributed by atoms with van der Waals surface area (Å²) in [6.45, 7) is 2.60. The molecule has 1 heterocycles. The normalized spacial score (nSPS) is 19.7. The predicted octanol–water partition coefficient (Wildman–Crippen LogP) is 2.01. The Hall–Kier alpha value is -1.31. The summed E-state index contributed by atoms with van der Waals surface area (Å²) in [6, 6.07) is 4.34. The van der Waals surface area contributed by atoms with Crippen LogP contribution < -0.4 is 10.0 Å². The fourth-order valence-electron chi connectivity index (χ4n) is 2.32. The number of nitrogens with one attached hydrogen (secondary N) is 2. The number of carbonyl (C=O) groups is 1. The minimum atomic E-state index is -3.46. The molecule has 1 amide bonds. The Balaban J connectivity index is 2.10. The molecule has 0 bridgehead atoms. The molecule has 2 rings (SSSR count). The highest BCUT2D eigenvalue weighted by molar-refractivity contribution is 7.92. The van der Waals surface area contributed by atoms with Crippen molar-refractivity contribution in [3.63, 3.8) is 0 Å². The minimum absolute atomic E-state index is 0.0184. The van der Waals surface area contributed by atoms with Gasteiger partial charge in [0.2, 0.25) is 10.0 Å². The Morgan fingerprint density at radius 2 is 2.18 bits per heavy atom. The Morgan fingerprint density at radius 1 is 1.45 bits per heavy atom. The molecule has 1 fully saturated rings. The largest absolute Gasteiger partial charge is 0.376 e. The highest BCUT2D eigenvalue weighted by atomic mass is 35.5. The van der Waals surface area contributed by atoms with Gasteiger partial charge in [-0.3, -0.25) is 9.52 Å². The van der Waals surface area contributed by atoms with Gasteiger partial charge >= 0.3 is 0 Å². The van der Waals surface area contributed by atoms with E-state index >= 15 is 0 Å². The van der Waals surface area contributed by atoms with E-state index < -0.39 is 10.0 Å². The lowest BCUT2D eigenvalue weighted by Crippen LogP contribution is -2.40. The van der Waals surface area contributed by atoms with E-state index in [-0.39, 0.29) is 28.8 Å². The Bertz CT molecular complexity index is 657. The molecule has 1 saturated heterocycles. The Kier molecular flexibility index (Phi) is 5.31. The number of benzene rings is 1. The molecule has 0 radical (unpaired) electrons. The number of anilines is 1. The van der Waals surface area contributed by atoms with E-state index in [9.17, 15) is 13.2 Å². The number of hydrogen-bond donors (Lipinski definition) is 2. The first-order valence-corrected chi connectivity index (χ1v) is 9.23. The van der Waals surface area contributed by atoms with Crippen molar-refractivity contribution in [2.24, 2.45) is 0 Å². The number of halogens is 1. The van der Waals surface area contributed by atoms with Crippen molar-refractivity contribution in [3.05, 3.63) is 28.8 Å². The molecule has 0 aliphatic carbocycles. The Labute approximate surface area is 135 Å². The van der Waals surface area contributed by atoms with E-state index in [2.05, 4.69) is 10.0 Å². The molecular formula is C14H19ClN2O4S. The molecule has 0 aromatic heterocycles. The van der Waals surface area contributed by atoms with Crippen molar-refractivity contribution >= 4 is 33.2 Å². The van der Waals surface area contributed by atoms with Gasteiger partial charge in [-0.05, 0) is 38.0 Å². The van der Waals surface area contributed by atoms with Gasteiger partial charge in [-0.15, -0.1) is 0 Å².